The second-order valence-corrected chi connectivity index (χ2v) is 4.87. The summed E-state index contributed by atoms with van der Waals surface area (Å²) in [5.74, 6) is 1.00. The van der Waals surface area contributed by atoms with Gasteiger partial charge in [-0.05, 0) is 31.4 Å². The quantitative estimate of drug-likeness (QED) is 0.747. The number of hydrogen-bond donors (Lipinski definition) is 1. The van der Waals surface area contributed by atoms with E-state index in [9.17, 15) is 0 Å². The van der Waals surface area contributed by atoms with Crippen molar-refractivity contribution in [2.24, 2.45) is 13.0 Å². The van der Waals surface area contributed by atoms with Crippen LogP contribution in [0.4, 0.5) is 0 Å². The van der Waals surface area contributed by atoms with E-state index in [-0.39, 0.29) is 0 Å². The van der Waals surface area contributed by atoms with E-state index in [0.717, 1.165) is 25.4 Å². The van der Waals surface area contributed by atoms with Crippen LogP contribution in [0.2, 0.25) is 0 Å². The normalized spacial score (nSPS) is 16.4. The van der Waals surface area contributed by atoms with Crippen molar-refractivity contribution >= 4 is 0 Å². The molecule has 0 amide bonds. The van der Waals surface area contributed by atoms with Gasteiger partial charge >= 0.3 is 0 Å². The van der Waals surface area contributed by atoms with E-state index in [2.05, 4.69) is 23.4 Å². The predicted molar refractivity (Wildman–Crippen MR) is 66.3 cm³/mol. The molecule has 1 aromatic rings. The number of hydrogen-bond acceptors (Lipinski definition) is 2. The zero-order chi connectivity index (χ0) is 11.4. The Morgan fingerprint density at radius 2 is 2.31 bits per heavy atom. The van der Waals surface area contributed by atoms with Gasteiger partial charge in [0.05, 0.1) is 11.4 Å². The van der Waals surface area contributed by atoms with E-state index in [1.165, 1.54) is 37.1 Å². The maximum absolute atomic E-state index is 4.45. The van der Waals surface area contributed by atoms with Gasteiger partial charge in [0.2, 0.25) is 0 Å². The molecule has 0 bridgehead atoms. The van der Waals surface area contributed by atoms with E-state index >= 15 is 0 Å². The molecule has 90 valence electrons. The van der Waals surface area contributed by atoms with Crippen molar-refractivity contribution in [3.63, 3.8) is 0 Å². The molecule has 0 aromatic carbocycles. The van der Waals surface area contributed by atoms with Crippen molar-refractivity contribution in [3.05, 3.63) is 17.5 Å². The average Bonchev–Trinajstić information content (AvgIpc) is 2.57. The van der Waals surface area contributed by atoms with Gasteiger partial charge in [-0.15, -0.1) is 0 Å². The lowest BCUT2D eigenvalue weighted by atomic mass is 9.83. The Labute approximate surface area is 98.2 Å². The van der Waals surface area contributed by atoms with Crippen molar-refractivity contribution in [1.29, 1.82) is 0 Å². The molecular weight excluding hydrogens is 198 g/mol. The lowest BCUT2D eigenvalue weighted by Gasteiger charge is -2.25. The molecule has 0 unspecified atom stereocenters. The van der Waals surface area contributed by atoms with Gasteiger partial charge < -0.3 is 5.32 Å². The molecule has 0 spiro atoms. The van der Waals surface area contributed by atoms with Crippen LogP contribution in [0.15, 0.2) is 6.07 Å². The molecule has 0 radical (unpaired) electrons. The van der Waals surface area contributed by atoms with Crippen LogP contribution in [-0.4, -0.2) is 16.3 Å². The predicted octanol–water partition coefficient (Wildman–Crippen LogP) is 2.26. The van der Waals surface area contributed by atoms with Crippen LogP contribution in [0.3, 0.4) is 0 Å². The van der Waals surface area contributed by atoms with Crippen LogP contribution >= 0.6 is 0 Å². The fourth-order valence-corrected chi connectivity index (χ4v) is 2.21. The van der Waals surface area contributed by atoms with Crippen molar-refractivity contribution in [3.8, 4) is 0 Å². The van der Waals surface area contributed by atoms with E-state index in [4.69, 9.17) is 0 Å². The highest BCUT2D eigenvalue weighted by Crippen LogP contribution is 2.28. The minimum absolute atomic E-state index is 0.955. The summed E-state index contributed by atoms with van der Waals surface area (Å²) >= 11 is 0. The van der Waals surface area contributed by atoms with E-state index in [1.807, 2.05) is 11.7 Å². The van der Waals surface area contributed by atoms with Gasteiger partial charge in [0.25, 0.3) is 0 Å². The summed E-state index contributed by atoms with van der Waals surface area (Å²) in [6.45, 7) is 4.25. The minimum atomic E-state index is 0.955. The fraction of sp³-hybridized carbons (Fsp3) is 0.769. The second-order valence-electron chi connectivity index (χ2n) is 4.87. The first-order valence-corrected chi connectivity index (χ1v) is 6.52. The maximum Gasteiger partial charge on any atom is 0.0625 e. The topological polar surface area (TPSA) is 29.9 Å². The largest absolute Gasteiger partial charge is 0.311 e. The van der Waals surface area contributed by atoms with E-state index < -0.39 is 0 Å². The summed E-state index contributed by atoms with van der Waals surface area (Å²) in [6.07, 6.45) is 6.72. The van der Waals surface area contributed by atoms with Crippen LogP contribution < -0.4 is 5.32 Å². The second kappa shape index (κ2) is 5.48. The molecule has 16 heavy (non-hydrogen) atoms. The number of nitrogens with one attached hydrogen (secondary N) is 1. The zero-order valence-corrected chi connectivity index (χ0v) is 10.5. The number of rotatable bonds is 6. The van der Waals surface area contributed by atoms with Gasteiger partial charge in [-0.2, -0.15) is 5.10 Å². The monoisotopic (exact) mass is 221 g/mol. The SMILES string of the molecule is CCc1cc(CNCCC2CCC2)n(C)n1. The third kappa shape index (κ3) is 2.85. The summed E-state index contributed by atoms with van der Waals surface area (Å²) in [7, 11) is 2.03. The molecule has 0 aliphatic heterocycles. The van der Waals surface area contributed by atoms with Gasteiger partial charge in [0.15, 0.2) is 0 Å². The molecule has 1 aliphatic carbocycles. The van der Waals surface area contributed by atoms with Crippen molar-refractivity contribution in [1.82, 2.24) is 15.1 Å². The molecule has 0 atom stereocenters. The maximum atomic E-state index is 4.45. The molecule has 3 heteroatoms. The van der Waals surface area contributed by atoms with Crippen LogP contribution in [0.25, 0.3) is 0 Å². The molecule has 0 saturated heterocycles. The van der Waals surface area contributed by atoms with Crippen molar-refractivity contribution in [2.75, 3.05) is 6.54 Å². The van der Waals surface area contributed by atoms with Crippen LogP contribution in [0.1, 0.15) is 44.0 Å². The third-order valence-electron chi connectivity index (χ3n) is 3.65. The molecule has 1 aromatic heterocycles. The van der Waals surface area contributed by atoms with Crippen LogP contribution in [-0.2, 0) is 20.0 Å². The highest BCUT2D eigenvalue weighted by atomic mass is 15.3. The Morgan fingerprint density at radius 3 is 2.88 bits per heavy atom. The molecule has 1 fully saturated rings. The summed E-state index contributed by atoms with van der Waals surface area (Å²) in [6, 6.07) is 2.20. The third-order valence-corrected chi connectivity index (χ3v) is 3.65. The van der Waals surface area contributed by atoms with Crippen molar-refractivity contribution in [2.45, 2.75) is 45.6 Å². The zero-order valence-electron chi connectivity index (χ0n) is 10.5. The molecule has 1 N–H and O–H groups in total. The van der Waals surface area contributed by atoms with Gasteiger partial charge in [0.1, 0.15) is 0 Å². The molecule has 1 heterocycles. The van der Waals surface area contributed by atoms with Gasteiger partial charge in [0, 0.05) is 13.6 Å². The van der Waals surface area contributed by atoms with Crippen LogP contribution in [0.5, 0.6) is 0 Å². The molecule has 1 aliphatic rings. The smallest absolute Gasteiger partial charge is 0.0625 e. The summed E-state index contributed by atoms with van der Waals surface area (Å²) in [5.41, 5.74) is 2.49. The Morgan fingerprint density at radius 1 is 1.50 bits per heavy atom. The molecule has 1 saturated carbocycles. The summed E-state index contributed by atoms with van der Waals surface area (Å²) in [5, 5.41) is 7.97. The van der Waals surface area contributed by atoms with Gasteiger partial charge in [-0.25, -0.2) is 0 Å². The number of aryl methyl sites for hydroxylation is 2. The highest BCUT2D eigenvalue weighted by Gasteiger charge is 2.16. The Balaban J connectivity index is 1.69. The molecule has 3 nitrogen and oxygen atoms in total. The Kier molecular flexibility index (Phi) is 3.99. The van der Waals surface area contributed by atoms with Gasteiger partial charge in [-0.3, -0.25) is 4.68 Å². The Bertz CT molecular complexity index is 326. The van der Waals surface area contributed by atoms with Crippen LogP contribution in [0, 0.1) is 5.92 Å². The summed E-state index contributed by atoms with van der Waals surface area (Å²) < 4.78 is 2.00. The fourth-order valence-electron chi connectivity index (χ4n) is 2.21. The first kappa shape index (κ1) is 11.6. The minimum Gasteiger partial charge on any atom is -0.311 e. The summed E-state index contributed by atoms with van der Waals surface area (Å²) in [4.78, 5) is 0. The Hall–Kier alpha value is -0.830. The number of aromatic nitrogens is 2. The molecular formula is C13H23N3. The van der Waals surface area contributed by atoms with Crippen molar-refractivity contribution < 1.29 is 0 Å². The highest BCUT2D eigenvalue weighted by molar-refractivity contribution is 5.09. The first-order chi connectivity index (χ1) is 7.79. The molecule has 2 rings (SSSR count). The van der Waals surface area contributed by atoms with E-state index in [1.54, 1.807) is 0 Å². The van der Waals surface area contributed by atoms with E-state index in [0.29, 0.717) is 0 Å². The lowest BCUT2D eigenvalue weighted by molar-refractivity contribution is 0.291. The lowest BCUT2D eigenvalue weighted by Crippen LogP contribution is -2.22. The average molecular weight is 221 g/mol. The first-order valence-electron chi connectivity index (χ1n) is 6.52. The van der Waals surface area contributed by atoms with Gasteiger partial charge in [-0.1, -0.05) is 26.2 Å². The number of nitrogens with zero attached hydrogens (tertiary/aromatic N) is 2. The standard InChI is InChI=1S/C13H23N3/c1-3-12-9-13(16(2)15-12)10-14-8-7-11-5-4-6-11/h9,11,14H,3-8,10H2,1-2H3.